The van der Waals surface area contributed by atoms with Gasteiger partial charge in [-0.2, -0.15) is 10.1 Å². The SMILES string of the molecule is Cc1nn(-c2ccc(F)cc2)cc1-c1noc(C(=O)NC[C@@H](C)c2ccccc2)n1. The van der Waals surface area contributed by atoms with E-state index in [9.17, 15) is 9.18 Å². The molecule has 0 spiro atoms. The van der Waals surface area contributed by atoms with Gasteiger partial charge in [-0.15, -0.1) is 0 Å². The van der Waals surface area contributed by atoms with E-state index in [2.05, 4.69) is 20.6 Å². The van der Waals surface area contributed by atoms with Crippen molar-refractivity contribution >= 4 is 5.91 Å². The van der Waals surface area contributed by atoms with Crippen molar-refractivity contribution in [1.29, 1.82) is 0 Å². The van der Waals surface area contributed by atoms with Gasteiger partial charge >= 0.3 is 11.8 Å². The highest BCUT2D eigenvalue weighted by atomic mass is 19.1. The van der Waals surface area contributed by atoms with Crippen molar-refractivity contribution in [3.8, 4) is 17.1 Å². The number of benzene rings is 2. The van der Waals surface area contributed by atoms with Gasteiger partial charge in [0.25, 0.3) is 0 Å². The van der Waals surface area contributed by atoms with Crippen molar-refractivity contribution in [3.63, 3.8) is 0 Å². The van der Waals surface area contributed by atoms with E-state index in [0.717, 1.165) is 5.56 Å². The van der Waals surface area contributed by atoms with Crippen LogP contribution >= 0.6 is 0 Å². The maximum Gasteiger partial charge on any atom is 0.316 e. The molecule has 0 unspecified atom stereocenters. The first kappa shape index (κ1) is 19.5. The first-order valence-electron chi connectivity index (χ1n) is 9.50. The van der Waals surface area contributed by atoms with Gasteiger partial charge in [0.05, 0.1) is 16.9 Å². The summed E-state index contributed by atoms with van der Waals surface area (Å²) in [5.74, 6) is -0.451. The Morgan fingerprint density at radius 3 is 2.63 bits per heavy atom. The molecule has 0 saturated heterocycles. The van der Waals surface area contributed by atoms with Gasteiger partial charge in [0.1, 0.15) is 5.82 Å². The molecule has 2 aromatic carbocycles. The number of nitrogens with zero attached hydrogens (tertiary/aromatic N) is 4. The lowest BCUT2D eigenvalue weighted by molar-refractivity contribution is 0.0908. The number of hydrogen-bond donors (Lipinski definition) is 1. The monoisotopic (exact) mass is 405 g/mol. The van der Waals surface area contributed by atoms with E-state index in [1.165, 1.54) is 12.1 Å². The number of amides is 1. The van der Waals surface area contributed by atoms with Gasteiger partial charge in [0, 0.05) is 12.7 Å². The lowest BCUT2D eigenvalue weighted by atomic mass is 10.0. The molecule has 0 aliphatic heterocycles. The van der Waals surface area contributed by atoms with Crippen molar-refractivity contribution in [2.24, 2.45) is 0 Å². The Labute approximate surface area is 172 Å². The number of hydrogen-bond acceptors (Lipinski definition) is 5. The molecule has 0 radical (unpaired) electrons. The van der Waals surface area contributed by atoms with Gasteiger partial charge in [0.2, 0.25) is 5.82 Å². The Bertz CT molecular complexity index is 1150. The summed E-state index contributed by atoms with van der Waals surface area (Å²) in [6, 6.07) is 15.9. The van der Waals surface area contributed by atoms with E-state index < -0.39 is 5.91 Å². The van der Waals surface area contributed by atoms with E-state index in [1.54, 1.807) is 29.9 Å². The molecule has 2 heterocycles. The number of rotatable bonds is 6. The van der Waals surface area contributed by atoms with E-state index in [0.29, 0.717) is 23.5 Å². The van der Waals surface area contributed by atoms with Crippen LogP contribution in [-0.2, 0) is 0 Å². The molecule has 0 saturated carbocycles. The highest BCUT2D eigenvalue weighted by Gasteiger charge is 2.20. The molecule has 0 fully saturated rings. The molecule has 8 heteroatoms. The summed E-state index contributed by atoms with van der Waals surface area (Å²) < 4.78 is 19.9. The van der Waals surface area contributed by atoms with Gasteiger partial charge in [0.15, 0.2) is 0 Å². The van der Waals surface area contributed by atoms with Crippen molar-refractivity contribution in [3.05, 3.63) is 83.8 Å². The maximum absolute atomic E-state index is 13.1. The predicted octanol–water partition coefficient (Wildman–Crippen LogP) is 3.90. The van der Waals surface area contributed by atoms with E-state index >= 15 is 0 Å². The minimum absolute atomic E-state index is 0.112. The van der Waals surface area contributed by atoms with Crippen LogP contribution < -0.4 is 5.32 Å². The normalized spacial score (nSPS) is 12.0. The predicted molar refractivity (Wildman–Crippen MR) is 109 cm³/mol. The van der Waals surface area contributed by atoms with Crippen molar-refractivity contribution in [2.45, 2.75) is 19.8 Å². The standard InChI is InChI=1S/C22H20FN5O2/c1-14(16-6-4-3-5-7-16)12-24-21(29)22-25-20(27-30-22)19-13-28(26-15(19)2)18-10-8-17(23)9-11-18/h3-11,13-14H,12H2,1-2H3,(H,24,29)/t14-/m1/s1. The van der Waals surface area contributed by atoms with Crippen LogP contribution in [0.2, 0.25) is 0 Å². The second kappa shape index (κ2) is 8.28. The summed E-state index contributed by atoms with van der Waals surface area (Å²) in [6.07, 6.45) is 1.71. The maximum atomic E-state index is 13.1. The molecule has 1 N–H and O–H groups in total. The first-order valence-corrected chi connectivity index (χ1v) is 9.50. The van der Waals surface area contributed by atoms with E-state index in [4.69, 9.17) is 4.52 Å². The molecule has 4 aromatic rings. The van der Waals surface area contributed by atoms with Crippen LogP contribution in [0.1, 0.15) is 34.8 Å². The van der Waals surface area contributed by atoms with E-state index in [1.807, 2.05) is 37.3 Å². The summed E-state index contributed by atoms with van der Waals surface area (Å²) in [7, 11) is 0. The molecule has 0 aliphatic carbocycles. The average molecular weight is 405 g/mol. The first-order chi connectivity index (χ1) is 14.5. The Morgan fingerprint density at radius 1 is 1.17 bits per heavy atom. The second-order valence-electron chi connectivity index (χ2n) is 6.99. The number of halogens is 1. The van der Waals surface area contributed by atoms with Gasteiger partial charge in [-0.25, -0.2) is 9.07 Å². The number of nitrogens with one attached hydrogen (secondary N) is 1. The quantitative estimate of drug-likeness (QED) is 0.526. The zero-order valence-electron chi connectivity index (χ0n) is 16.5. The van der Waals surface area contributed by atoms with Crippen LogP contribution in [0.3, 0.4) is 0 Å². The van der Waals surface area contributed by atoms with E-state index in [-0.39, 0.29) is 23.5 Å². The van der Waals surface area contributed by atoms with Crippen molar-refractivity contribution in [1.82, 2.24) is 25.2 Å². The smallest absolute Gasteiger partial charge is 0.316 e. The summed E-state index contributed by atoms with van der Waals surface area (Å²) in [4.78, 5) is 16.6. The van der Waals surface area contributed by atoms with Crippen molar-refractivity contribution < 1.29 is 13.7 Å². The fourth-order valence-electron chi connectivity index (χ4n) is 3.05. The molecular formula is C22H20FN5O2. The topological polar surface area (TPSA) is 85.8 Å². The van der Waals surface area contributed by atoms with Gasteiger partial charge in [-0.3, -0.25) is 4.79 Å². The molecule has 2 aromatic heterocycles. The Morgan fingerprint density at radius 2 is 1.90 bits per heavy atom. The Balaban J connectivity index is 1.46. The molecule has 7 nitrogen and oxygen atoms in total. The summed E-state index contributed by atoms with van der Waals surface area (Å²) in [5, 5.41) is 11.1. The number of carbonyl (C=O) groups excluding carboxylic acids is 1. The van der Waals surface area contributed by atoms with Crippen LogP contribution in [0.15, 0.2) is 65.3 Å². The Hall–Kier alpha value is -3.81. The summed E-state index contributed by atoms with van der Waals surface area (Å²) in [6.45, 7) is 4.27. The molecule has 4 rings (SSSR count). The average Bonchev–Trinajstić information content (AvgIpc) is 3.40. The highest BCUT2D eigenvalue weighted by molar-refractivity contribution is 5.89. The molecule has 1 atom stereocenters. The largest absolute Gasteiger partial charge is 0.347 e. The molecule has 152 valence electrons. The zero-order valence-corrected chi connectivity index (χ0v) is 16.5. The zero-order chi connectivity index (χ0) is 21.1. The second-order valence-corrected chi connectivity index (χ2v) is 6.99. The molecule has 30 heavy (non-hydrogen) atoms. The number of aryl methyl sites for hydroxylation is 1. The number of carbonyl (C=O) groups is 1. The molecular weight excluding hydrogens is 385 g/mol. The minimum atomic E-state index is -0.430. The lowest BCUT2D eigenvalue weighted by Gasteiger charge is -2.11. The third-order valence-electron chi connectivity index (χ3n) is 4.79. The van der Waals surface area contributed by atoms with Crippen LogP contribution in [0.25, 0.3) is 17.1 Å². The minimum Gasteiger partial charge on any atom is -0.347 e. The van der Waals surface area contributed by atoms with Crippen molar-refractivity contribution in [2.75, 3.05) is 6.54 Å². The highest BCUT2D eigenvalue weighted by Crippen LogP contribution is 2.22. The Kier molecular flexibility index (Phi) is 5.38. The van der Waals surface area contributed by atoms with Gasteiger partial charge in [-0.05, 0) is 42.7 Å². The molecule has 0 aliphatic rings. The summed E-state index contributed by atoms with van der Waals surface area (Å²) >= 11 is 0. The van der Waals surface area contributed by atoms with Crippen LogP contribution in [0.4, 0.5) is 4.39 Å². The van der Waals surface area contributed by atoms with Crippen LogP contribution in [-0.4, -0.2) is 32.4 Å². The van der Waals surface area contributed by atoms with Crippen LogP contribution in [0.5, 0.6) is 0 Å². The van der Waals surface area contributed by atoms with Gasteiger partial charge < -0.3 is 9.84 Å². The summed E-state index contributed by atoms with van der Waals surface area (Å²) in [5.41, 5.74) is 3.11. The molecule has 1 amide bonds. The fraction of sp³-hybridized carbons (Fsp3) is 0.182. The fourth-order valence-corrected chi connectivity index (χ4v) is 3.05. The molecule has 0 bridgehead atoms. The number of aromatic nitrogens is 4. The van der Waals surface area contributed by atoms with Gasteiger partial charge in [-0.1, -0.05) is 42.4 Å². The third-order valence-corrected chi connectivity index (χ3v) is 4.79. The third kappa shape index (κ3) is 4.12. The van der Waals surface area contributed by atoms with Crippen LogP contribution in [0, 0.1) is 12.7 Å². The lowest BCUT2D eigenvalue weighted by Crippen LogP contribution is -2.27.